The first-order valence-corrected chi connectivity index (χ1v) is 7.28. The molecule has 4 heteroatoms. The minimum atomic E-state index is -0.0444. The molecule has 2 fully saturated rings. The number of nitrogens with one attached hydrogen (secondary N) is 1. The van der Waals surface area contributed by atoms with E-state index in [1.54, 1.807) is 0 Å². The van der Waals surface area contributed by atoms with E-state index in [0.29, 0.717) is 12.5 Å². The molecule has 0 unspecified atom stereocenters. The van der Waals surface area contributed by atoms with Gasteiger partial charge in [0.05, 0.1) is 13.5 Å². The number of esters is 1. The van der Waals surface area contributed by atoms with Gasteiger partial charge < -0.3 is 10.1 Å². The zero-order chi connectivity index (χ0) is 11.4. The number of rotatable bonds is 6. The van der Waals surface area contributed by atoms with Gasteiger partial charge in [0, 0.05) is 11.8 Å². The standard InChI is InChI=1S/C12H21NO2S/c1-15-11(14)7-12(4-5-12)9-16-8-10-3-2-6-13-10/h10,13H,2-9H2,1H3/t10-/m1/s1. The molecule has 0 amide bonds. The summed E-state index contributed by atoms with van der Waals surface area (Å²) in [6.07, 6.45) is 5.66. The number of carbonyl (C=O) groups is 1. The van der Waals surface area contributed by atoms with Gasteiger partial charge in [0.25, 0.3) is 0 Å². The summed E-state index contributed by atoms with van der Waals surface area (Å²) in [6.45, 7) is 1.18. The molecule has 1 saturated carbocycles. The fourth-order valence-electron chi connectivity index (χ4n) is 2.24. The van der Waals surface area contributed by atoms with Crippen molar-refractivity contribution in [2.24, 2.45) is 5.41 Å². The van der Waals surface area contributed by atoms with Crippen molar-refractivity contribution in [2.45, 2.75) is 38.1 Å². The van der Waals surface area contributed by atoms with E-state index < -0.39 is 0 Å². The molecule has 92 valence electrons. The molecule has 0 spiro atoms. The second-order valence-corrected chi connectivity index (χ2v) is 6.09. The Morgan fingerprint density at radius 1 is 1.56 bits per heavy atom. The van der Waals surface area contributed by atoms with Crippen molar-refractivity contribution in [3.63, 3.8) is 0 Å². The van der Waals surface area contributed by atoms with Gasteiger partial charge in [-0.2, -0.15) is 11.8 Å². The van der Waals surface area contributed by atoms with E-state index in [0.717, 1.165) is 5.75 Å². The Morgan fingerprint density at radius 3 is 2.94 bits per heavy atom. The number of methoxy groups -OCH3 is 1. The maximum atomic E-state index is 11.2. The minimum absolute atomic E-state index is 0.0444. The second-order valence-electron chi connectivity index (χ2n) is 5.06. The van der Waals surface area contributed by atoms with Gasteiger partial charge in [0.15, 0.2) is 0 Å². The quantitative estimate of drug-likeness (QED) is 0.722. The van der Waals surface area contributed by atoms with Gasteiger partial charge in [-0.25, -0.2) is 0 Å². The molecule has 0 radical (unpaired) electrons. The van der Waals surface area contributed by atoms with Crippen LogP contribution in [-0.2, 0) is 9.53 Å². The molecular formula is C12H21NO2S. The normalized spacial score (nSPS) is 26.7. The van der Waals surface area contributed by atoms with E-state index in [1.165, 1.54) is 45.1 Å². The van der Waals surface area contributed by atoms with Gasteiger partial charge in [-0.3, -0.25) is 4.79 Å². The Bertz CT molecular complexity index is 247. The van der Waals surface area contributed by atoms with Gasteiger partial charge >= 0.3 is 5.97 Å². The summed E-state index contributed by atoms with van der Waals surface area (Å²) in [7, 11) is 1.48. The van der Waals surface area contributed by atoms with Crippen LogP contribution >= 0.6 is 11.8 Å². The Morgan fingerprint density at radius 2 is 2.38 bits per heavy atom. The van der Waals surface area contributed by atoms with E-state index in [1.807, 2.05) is 11.8 Å². The van der Waals surface area contributed by atoms with E-state index in [4.69, 9.17) is 4.74 Å². The predicted octanol–water partition coefficient (Wildman–Crippen LogP) is 1.81. The fourth-order valence-corrected chi connectivity index (χ4v) is 3.75. The summed E-state index contributed by atoms with van der Waals surface area (Å²) < 4.78 is 4.75. The first-order chi connectivity index (χ1) is 7.74. The van der Waals surface area contributed by atoms with E-state index >= 15 is 0 Å². The zero-order valence-electron chi connectivity index (χ0n) is 9.96. The highest BCUT2D eigenvalue weighted by molar-refractivity contribution is 7.99. The lowest BCUT2D eigenvalue weighted by atomic mass is 10.1. The lowest BCUT2D eigenvalue weighted by molar-refractivity contribution is -0.141. The lowest BCUT2D eigenvalue weighted by Crippen LogP contribution is -2.24. The third-order valence-electron chi connectivity index (χ3n) is 3.59. The van der Waals surface area contributed by atoms with Gasteiger partial charge in [-0.15, -0.1) is 0 Å². The van der Waals surface area contributed by atoms with Crippen LogP contribution in [0.3, 0.4) is 0 Å². The van der Waals surface area contributed by atoms with Gasteiger partial charge in [-0.1, -0.05) is 0 Å². The molecule has 2 rings (SSSR count). The maximum absolute atomic E-state index is 11.2. The van der Waals surface area contributed by atoms with Crippen LogP contribution in [0.5, 0.6) is 0 Å². The van der Waals surface area contributed by atoms with Crippen LogP contribution in [0.1, 0.15) is 32.1 Å². The molecule has 1 N–H and O–H groups in total. The third-order valence-corrected chi connectivity index (χ3v) is 5.05. The highest BCUT2D eigenvalue weighted by Gasteiger charge is 2.44. The molecule has 2 aliphatic rings. The summed E-state index contributed by atoms with van der Waals surface area (Å²) in [4.78, 5) is 11.2. The van der Waals surface area contributed by atoms with Crippen molar-refractivity contribution in [3.8, 4) is 0 Å². The third kappa shape index (κ3) is 3.39. The molecule has 0 aromatic heterocycles. The predicted molar refractivity (Wildman–Crippen MR) is 66.6 cm³/mol. The van der Waals surface area contributed by atoms with Crippen LogP contribution in [0, 0.1) is 5.41 Å². The summed E-state index contributed by atoms with van der Waals surface area (Å²) >= 11 is 2.00. The van der Waals surface area contributed by atoms with Crippen LogP contribution in [-0.4, -0.2) is 37.2 Å². The van der Waals surface area contributed by atoms with Crippen LogP contribution < -0.4 is 5.32 Å². The number of ether oxygens (including phenoxy) is 1. The van der Waals surface area contributed by atoms with Crippen molar-refractivity contribution in [1.82, 2.24) is 5.32 Å². The lowest BCUT2D eigenvalue weighted by Gasteiger charge is -2.15. The van der Waals surface area contributed by atoms with E-state index in [9.17, 15) is 4.79 Å². The smallest absolute Gasteiger partial charge is 0.306 e. The Hall–Kier alpha value is -0.220. The molecular weight excluding hydrogens is 222 g/mol. The SMILES string of the molecule is COC(=O)CC1(CSC[C@H]2CCCN2)CC1. The average molecular weight is 243 g/mol. The van der Waals surface area contributed by atoms with Crippen molar-refractivity contribution >= 4 is 17.7 Å². The van der Waals surface area contributed by atoms with Crippen LogP contribution in [0.4, 0.5) is 0 Å². The van der Waals surface area contributed by atoms with E-state index in [2.05, 4.69) is 5.32 Å². The highest BCUT2D eigenvalue weighted by Crippen LogP contribution is 2.51. The Labute approximate surface area is 102 Å². The summed E-state index contributed by atoms with van der Waals surface area (Å²) in [5, 5.41) is 3.50. The fraction of sp³-hybridized carbons (Fsp3) is 0.917. The van der Waals surface area contributed by atoms with Crippen LogP contribution in [0.15, 0.2) is 0 Å². The topological polar surface area (TPSA) is 38.3 Å². The molecule has 1 aliphatic heterocycles. The van der Waals surface area contributed by atoms with Gasteiger partial charge in [-0.05, 0) is 43.4 Å². The van der Waals surface area contributed by atoms with Crippen molar-refractivity contribution in [1.29, 1.82) is 0 Å². The minimum Gasteiger partial charge on any atom is -0.469 e. The Balaban J connectivity index is 1.63. The van der Waals surface area contributed by atoms with Crippen molar-refractivity contribution in [2.75, 3.05) is 25.2 Å². The summed E-state index contributed by atoms with van der Waals surface area (Å²) in [5.74, 6) is 2.28. The second kappa shape index (κ2) is 5.41. The van der Waals surface area contributed by atoms with Gasteiger partial charge in [0.1, 0.15) is 0 Å². The number of carbonyl (C=O) groups excluding carboxylic acids is 1. The maximum Gasteiger partial charge on any atom is 0.306 e. The monoisotopic (exact) mass is 243 g/mol. The molecule has 16 heavy (non-hydrogen) atoms. The van der Waals surface area contributed by atoms with Crippen molar-refractivity contribution in [3.05, 3.63) is 0 Å². The average Bonchev–Trinajstić information content (AvgIpc) is 2.83. The highest BCUT2D eigenvalue weighted by atomic mass is 32.2. The van der Waals surface area contributed by atoms with Crippen molar-refractivity contribution < 1.29 is 9.53 Å². The summed E-state index contributed by atoms with van der Waals surface area (Å²) in [6, 6.07) is 0.707. The number of hydrogen-bond acceptors (Lipinski definition) is 4. The largest absolute Gasteiger partial charge is 0.469 e. The molecule has 1 atom stereocenters. The first-order valence-electron chi connectivity index (χ1n) is 6.12. The molecule has 0 aromatic rings. The van der Waals surface area contributed by atoms with Crippen LogP contribution in [0.25, 0.3) is 0 Å². The Kier molecular flexibility index (Phi) is 4.14. The molecule has 1 saturated heterocycles. The number of thioether (sulfide) groups is 1. The van der Waals surface area contributed by atoms with Crippen LogP contribution in [0.2, 0.25) is 0 Å². The summed E-state index contributed by atoms with van der Waals surface area (Å²) in [5.41, 5.74) is 0.288. The van der Waals surface area contributed by atoms with E-state index in [-0.39, 0.29) is 11.4 Å². The van der Waals surface area contributed by atoms with Gasteiger partial charge in [0.2, 0.25) is 0 Å². The molecule has 3 nitrogen and oxygen atoms in total. The molecule has 0 bridgehead atoms. The molecule has 0 aromatic carbocycles. The molecule has 1 aliphatic carbocycles. The first kappa shape index (κ1) is 12.2. The number of hydrogen-bond donors (Lipinski definition) is 1. The zero-order valence-corrected chi connectivity index (χ0v) is 10.8. The molecule has 1 heterocycles.